The number of nitrogen functional groups attached to an aromatic ring is 1. The number of aromatic nitrogens is 1. The van der Waals surface area contributed by atoms with Gasteiger partial charge in [-0.15, -0.1) is 0 Å². The minimum absolute atomic E-state index is 0.164. The summed E-state index contributed by atoms with van der Waals surface area (Å²) in [5.74, 6) is 1.69. The molecular weight excluding hydrogens is 272 g/mol. The lowest BCUT2D eigenvalue weighted by Crippen LogP contribution is -2.16. The molecule has 0 fully saturated rings. The SMILES string of the molecule is COc1c(Cl)cc2c(c1-c1cnoc1N)OCCO2. The lowest BCUT2D eigenvalue weighted by molar-refractivity contribution is 0.172. The first-order valence-electron chi connectivity index (χ1n) is 5.59. The van der Waals surface area contributed by atoms with Crippen LogP contribution in [-0.4, -0.2) is 25.5 Å². The van der Waals surface area contributed by atoms with Crippen molar-refractivity contribution in [3.63, 3.8) is 0 Å². The summed E-state index contributed by atoms with van der Waals surface area (Å²) in [4.78, 5) is 0. The van der Waals surface area contributed by atoms with Crippen LogP contribution >= 0.6 is 11.6 Å². The van der Waals surface area contributed by atoms with E-state index in [1.165, 1.54) is 13.3 Å². The summed E-state index contributed by atoms with van der Waals surface area (Å²) in [6.45, 7) is 0.907. The molecule has 0 spiro atoms. The molecule has 6 nitrogen and oxygen atoms in total. The van der Waals surface area contributed by atoms with E-state index < -0.39 is 0 Å². The molecule has 0 bridgehead atoms. The van der Waals surface area contributed by atoms with Gasteiger partial charge < -0.3 is 24.5 Å². The molecule has 1 aliphatic rings. The number of fused-ring (bicyclic) bond motifs is 1. The molecule has 100 valence electrons. The van der Waals surface area contributed by atoms with Crippen LogP contribution in [0, 0.1) is 0 Å². The number of methoxy groups -OCH3 is 1. The summed E-state index contributed by atoms with van der Waals surface area (Å²) < 4.78 is 21.4. The minimum atomic E-state index is 0.164. The third-order valence-corrected chi connectivity index (χ3v) is 3.09. The smallest absolute Gasteiger partial charge is 0.230 e. The highest BCUT2D eigenvalue weighted by Gasteiger charge is 2.27. The van der Waals surface area contributed by atoms with Gasteiger partial charge in [-0.3, -0.25) is 0 Å². The van der Waals surface area contributed by atoms with Crippen molar-refractivity contribution in [2.24, 2.45) is 0 Å². The standard InChI is InChI=1S/C12H11ClN2O4/c1-16-10-7(13)4-8-11(18-3-2-17-8)9(10)6-5-15-19-12(6)14/h4-5H,2-3,14H2,1H3. The molecule has 0 saturated heterocycles. The first kappa shape index (κ1) is 12.0. The number of benzene rings is 1. The van der Waals surface area contributed by atoms with E-state index in [0.717, 1.165) is 0 Å². The first-order chi connectivity index (χ1) is 9.22. The number of nitrogens with two attached hydrogens (primary N) is 1. The van der Waals surface area contributed by atoms with E-state index in [9.17, 15) is 0 Å². The van der Waals surface area contributed by atoms with E-state index in [4.69, 9.17) is 36.1 Å². The molecule has 2 aromatic rings. The van der Waals surface area contributed by atoms with Gasteiger partial charge in [0, 0.05) is 6.07 Å². The van der Waals surface area contributed by atoms with Crippen LogP contribution in [0.4, 0.5) is 5.88 Å². The molecule has 3 rings (SSSR count). The number of nitrogens with zero attached hydrogens (tertiary/aromatic N) is 1. The molecule has 2 heterocycles. The number of ether oxygens (including phenoxy) is 3. The van der Waals surface area contributed by atoms with Gasteiger partial charge >= 0.3 is 0 Å². The number of anilines is 1. The van der Waals surface area contributed by atoms with Crippen LogP contribution in [0.1, 0.15) is 0 Å². The van der Waals surface area contributed by atoms with Gasteiger partial charge in [-0.25, -0.2) is 0 Å². The summed E-state index contributed by atoms with van der Waals surface area (Å²) >= 11 is 6.18. The van der Waals surface area contributed by atoms with Crippen molar-refractivity contribution >= 4 is 17.5 Å². The molecule has 0 saturated carbocycles. The van der Waals surface area contributed by atoms with Crippen molar-refractivity contribution in [1.29, 1.82) is 0 Å². The monoisotopic (exact) mass is 282 g/mol. The van der Waals surface area contributed by atoms with E-state index in [-0.39, 0.29) is 5.88 Å². The van der Waals surface area contributed by atoms with Crippen molar-refractivity contribution in [2.75, 3.05) is 26.1 Å². The largest absolute Gasteiger partial charge is 0.494 e. The predicted octanol–water partition coefficient (Wildman–Crippen LogP) is 2.36. The molecule has 1 aromatic heterocycles. The first-order valence-corrected chi connectivity index (χ1v) is 5.96. The molecule has 19 heavy (non-hydrogen) atoms. The molecule has 1 aromatic carbocycles. The van der Waals surface area contributed by atoms with Crippen LogP contribution in [0.25, 0.3) is 11.1 Å². The second-order valence-electron chi connectivity index (χ2n) is 3.89. The molecule has 0 atom stereocenters. The van der Waals surface area contributed by atoms with E-state index in [0.29, 0.717) is 46.6 Å². The highest BCUT2D eigenvalue weighted by atomic mass is 35.5. The fourth-order valence-corrected chi connectivity index (χ4v) is 2.29. The zero-order chi connectivity index (χ0) is 13.4. The maximum Gasteiger partial charge on any atom is 0.230 e. The third-order valence-electron chi connectivity index (χ3n) is 2.81. The molecule has 0 radical (unpaired) electrons. The highest BCUT2D eigenvalue weighted by Crippen LogP contribution is 2.50. The average Bonchev–Trinajstić information content (AvgIpc) is 2.83. The molecule has 0 unspecified atom stereocenters. The van der Waals surface area contributed by atoms with Crippen molar-refractivity contribution in [3.8, 4) is 28.4 Å². The maximum absolute atomic E-state index is 6.18. The van der Waals surface area contributed by atoms with Gasteiger partial charge in [0.1, 0.15) is 19.0 Å². The van der Waals surface area contributed by atoms with Crippen molar-refractivity contribution in [3.05, 3.63) is 17.3 Å². The van der Waals surface area contributed by atoms with Crippen LogP contribution in [0.5, 0.6) is 17.2 Å². The minimum Gasteiger partial charge on any atom is -0.494 e. The Labute approximate surface area is 114 Å². The Bertz CT molecular complexity index is 626. The Morgan fingerprint density at radius 1 is 1.37 bits per heavy atom. The average molecular weight is 283 g/mol. The van der Waals surface area contributed by atoms with Crippen molar-refractivity contribution in [2.45, 2.75) is 0 Å². The predicted molar refractivity (Wildman–Crippen MR) is 68.9 cm³/mol. The van der Waals surface area contributed by atoms with E-state index in [2.05, 4.69) is 5.16 Å². The van der Waals surface area contributed by atoms with Crippen LogP contribution in [0.3, 0.4) is 0 Å². The zero-order valence-corrected chi connectivity index (χ0v) is 10.9. The third kappa shape index (κ3) is 1.84. The topological polar surface area (TPSA) is 79.7 Å². The number of hydrogen-bond donors (Lipinski definition) is 1. The molecule has 0 aliphatic carbocycles. The number of halogens is 1. The lowest BCUT2D eigenvalue weighted by Gasteiger charge is -2.23. The van der Waals surface area contributed by atoms with Crippen molar-refractivity contribution in [1.82, 2.24) is 5.16 Å². The highest BCUT2D eigenvalue weighted by molar-refractivity contribution is 6.33. The molecule has 0 amide bonds. The number of hydrogen-bond acceptors (Lipinski definition) is 6. The second-order valence-corrected chi connectivity index (χ2v) is 4.30. The normalized spacial score (nSPS) is 13.4. The summed E-state index contributed by atoms with van der Waals surface area (Å²) in [7, 11) is 1.52. The Morgan fingerprint density at radius 3 is 2.84 bits per heavy atom. The summed E-state index contributed by atoms with van der Waals surface area (Å²) in [6.07, 6.45) is 1.49. The molecule has 7 heteroatoms. The van der Waals surface area contributed by atoms with Gasteiger partial charge in [0.25, 0.3) is 0 Å². The van der Waals surface area contributed by atoms with Crippen LogP contribution < -0.4 is 19.9 Å². The fraction of sp³-hybridized carbons (Fsp3) is 0.250. The van der Waals surface area contributed by atoms with Crippen LogP contribution in [-0.2, 0) is 0 Å². The van der Waals surface area contributed by atoms with Gasteiger partial charge in [-0.05, 0) is 0 Å². The maximum atomic E-state index is 6.18. The van der Waals surface area contributed by atoms with Crippen molar-refractivity contribution < 1.29 is 18.7 Å². The van der Waals surface area contributed by atoms with Gasteiger partial charge in [0.15, 0.2) is 11.5 Å². The van der Waals surface area contributed by atoms with E-state index in [1.807, 2.05) is 0 Å². The summed E-state index contributed by atoms with van der Waals surface area (Å²) in [6, 6.07) is 1.65. The fourth-order valence-electron chi connectivity index (χ4n) is 2.02. The summed E-state index contributed by atoms with van der Waals surface area (Å²) in [5, 5.41) is 4.06. The van der Waals surface area contributed by atoms with Gasteiger partial charge in [0.05, 0.1) is 29.5 Å². The van der Waals surface area contributed by atoms with E-state index >= 15 is 0 Å². The Kier molecular flexibility index (Phi) is 2.87. The molecular formula is C12H11ClN2O4. The lowest BCUT2D eigenvalue weighted by atomic mass is 10.0. The zero-order valence-electron chi connectivity index (χ0n) is 10.1. The van der Waals surface area contributed by atoms with Crippen LogP contribution in [0.2, 0.25) is 5.02 Å². The Hall–Kier alpha value is -2.08. The Balaban J connectivity index is 2.31. The Morgan fingerprint density at radius 2 is 2.16 bits per heavy atom. The summed E-state index contributed by atoms with van der Waals surface area (Å²) in [5.41, 5.74) is 6.90. The van der Waals surface area contributed by atoms with Gasteiger partial charge in [0.2, 0.25) is 5.88 Å². The van der Waals surface area contributed by atoms with Gasteiger partial charge in [-0.1, -0.05) is 16.8 Å². The van der Waals surface area contributed by atoms with Gasteiger partial charge in [-0.2, -0.15) is 0 Å². The van der Waals surface area contributed by atoms with Crippen LogP contribution in [0.15, 0.2) is 16.8 Å². The number of rotatable bonds is 2. The molecule has 2 N–H and O–H groups in total. The molecule has 1 aliphatic heterocycles. The van der Waals surface area contributed by atoms with E-state index in [1.54, 1.807) is 6.07 Å². The quantitative estimate of drug-likeness (QED) is 0.911. The second kappa shape index (κ2) is 4.55.